The first kappa shape index (κ1) is 34.5. The molecule has 0 bridgehead atoms. The summed E-state index contributed by atoms with van der Waals surface area (Å²) in [5.41, 5.74) is 0.832. The molecule has 0 aliphatic carbocycles. The number of carbonyl (C=O) groups excluding carboxylic acids is 3. The van der Waals surface area contributed by atoms with E-state index in [1.54, 1.807) is 58.0 Å². The second kappa shape index (κ2) is 16.6. The van der Waals surface area contributed by atoms with E-state index in [0.717, 1.165) is 32.1 Å². The van der Waals surface area contributed by atoms with Gasteiger partial charge in [0.2, 0.25) is 11.8 Å². The summed E-state index contributed by atoms with van der Waals surface area (Å²) < 4.78 is 5.48. The molecule has 0 heterocycles. The Balaban J connectivity index is 2.57. The Morgan fingerprint density at radius 3 is 2.19 bits per heavy atom. The number of hydrogen-bond donors (Lipinski definition) is 4. The van der Waals surface area contributed by atoms with E-state index in [1.807, 2.05) is 6.92 Å². The van der Waals surface area contributed by atoms with Gasteiger partial charge in [-0.25, -0.2) is 4.79 Å². The third kappa shape index (κ3) is 10.9. The number of aromatic hydroxyl groups is 2. The first-order valence-electron chi connectivity index (χ1n) is 15.0. The molecule has 2 aromatic rings. The lowest BCUT2D eigenvalue weighted by atomic mass is 9.97. The first-order valence-corrected chi connectivity index (χ1v) is 15.0. The number of aryl methyl sites for hydroxylation is 1. The lowest BCUT2D eigenvalue weighted by Crippen LogP contribution is -2.54. The van der Waals surface area contributed by atoms with E-state index in [-0.39, 0.29) is 24.5 Å². The van der Waals surface area contributed by atoms with Gasteiger partial charge in [0, 0.05) is 25.1 Å². The molecule has 0 aliphatic heterocycles. The van der Waals surface area contributed by atoms with Gasteiger partial charge in [0.1, 0.15) is 29.2 Å². The largest absolute Gasteiger partial charge is 0.508 e. The van der Waals surface area contributed by atoms with Gasteiger partial charge in [-0.3, -0.25) is 9.59 Å². The average Bonchev–Trinajstić information content (AvgIpc) is 2.92. The average molecular weight is 584 g/mol. The van der Waals surface area contributed by atoms with E-state index in [0.29, 0.717) is 29.7 Å². The van der Waals surface area contributed by atoms with Gasteiger partial charge in [0.25, 0.3) is 0 Å². The number of carbonyl (C=O) groups is 3. The first-order chi connectivity index (χ1) is 19.9. The number of phenolic OH excluding ortho intramolecular Hbond substituents is 2. The molecule has 3 amide bonds. The van der Waals surface area contributed by atoms with Gasteiger partial charge in [-0.2, -0.15) is 0 Å². The van der Waals surface area contributed by atoms with Crippen LogP contribution in [-0.4, -0.2) is 57.8 Å². The lowest BCUT2D eigenvalue weighted by molar-refractivity contribution is -0.142. The van der Waals surface area contributed by atoms with E-state index in [1.165, 1.54) is 17.0 Å². The highest BCUT2D eigenvalue weighted by molar-refractivity contribution is 5.92. The predicted molar refractivity (Wildman–Crippen MR) is 164 cm³/mol. The minimum atomic E-state index is -1.11. The van der Waals surface area contributed by atoms with Crippen LogP contribution < -0.4 is 10.6 Å². The molecular formula is C33H49N3O6. The number of benzene rings is 2. The molecule has 2 aromatic carbocycles. The number of nitrogens with one attached hydrogen (secondary N) is 2. The van der Waals surface area contributed by atoms with Crippen LogP contribution in [0.2, 0.25) is 0 Å². The van der Waals surface area contributed by atoms with Crippen LogP contribution in [0.1, 0.15) is 95.9 Å². The van der Waals surface area contributed by atoms with Crippen LogP contribution in [0.4, 0.5) is 4.79 Å². The highest BCUT2D eigenvalue weighted by atomic mass is 16.6. The Morgan fingerprint density at radius 2 is 1.57 bits per heavy atom. The van der Waals surface area contributed by atoms with Crippen molar-refractivity contribution >= 4 is 17.9 Å². The third-order valence-corrected chi connectivity index (χ3v) is 6.85. The molecule has 2 atom stereocenters. The van der Waals surface area contributed by atoms with Crippen molar-refractivity contribution in [1.82, 2.24) is 15.5 Å². The summed E-state index contributed by atoms with van der Waals surface area (Å²) in [6.07, 6.45) is 4.45. The Labute approximate surface area is 250 Å². The highest BCUT2D eigenvalue weighted by Gasteiger charge is 2.37. The quantitative estimate of drug-likeness (QED) is 0.193. The number of alkyl carbamates (subject to hydrolysis) is 1. The van der Waals surface area contributed by atoms with Crippen LogP contribution in [0, 0.1) is 6.92 Å². The van der Waals surface area contributed by atoms with Crippen molar-refractivity contribution in [3.63, 3.8) is 0 Å². The van der Waals surface area contributed by atoms with Gasteiger partial charge < -0.3 is 30.5 Å². The Bertz CT molecular complexity index is 1160. The fraction of sp³-hybridized carbons (Fsp3) is 0.545. The third-order valence-electron chi connectivity index (χ3n) is 6.85. The minimum Gasteiger partial charge on any atom is -0.508 e. The van der Waals surface area contributed by atoms with Crippen LogP contribution >= 0.6 is 0 Å². The molecule has 9 nitrogen and oxygen atoms in total. The maximum atomic E-state index is 14.4. The zero-order valence-electron chi connectivity index (χ0n) is 26.0. The molecule has 0 saturated heterocycles. The number of nitrogens with zero attached hydrogens (tertiary/aromatic N) is 1. The van der Waals surface area contributed by atoms with E-state index in [2.05, 4.69) is 17.6 Å². The fourth-order valence-electron chi connectivity index (χ4n) is 4.65. The number of amides is 3. The van der Waals surface area contributed by atoms with Crippen molar-refractivity contribution in [3.8, 4) is 11.5 Å². The number of hydrogen-bond acceptors (Lipinski definition) is 6. The molecule has 0 aromatic heterocycles. The van der Waals surface area contributed by atoms with E-state index in [4.69, 9.17) is 4.74 Å². The maximum Gasteiger partial charge on any atom is 0.408 e. The Kier molecular flexibility index (Phi) is 13.6. The van der Waals surface area contributed by atoms with E-state index in [9.17, 15) is 24.6 Å². The van der Waals surface area contributed by atoms with Gasteiger partial charge in [0.05, 0.1) is 0 Å². The van der Waals surface area contributed by atoms with Gasteiger partial charge in [0.15, 0.2) is 0 Å². The van der Waals surface area contributed by atoms with Crippen molar-refractivity contribution in [2.75, 3.05) is 13.1 Å². The van der Waals surface area contributed by atoms with Crippen molar-refractivity contribution in [2.24, 2.45) is 0 Å². The minimum absolute atomic E-state index is 0.0466. The van der Waals surface area contributed by atoms with Gasteiger partial charge in [-0.1, -0.05) is 69.9 Å². The lowest BCUT2D eigenvalue weighted by Gasteiger charge is -2.35. The summed E-state index contributed by atoms with van der Waals surface area (Å²) in [6.45, 7) is 11.8. The smallest absolute Gasteiger partial charge is 0.408 e. The molecule has 0 spiro atoms. The molecule has 0 radical (unpaired) electrons. The molecule has 42 heavy (non-hydrogen) atoms. The molecule has 4 N–H and O–H groups in total. The second-order valence-electron chi connectivity index (χ2n) is 11.7. The zero-order chi connectivity index (χ0) is 31.3. The second-order valence-corrected chi connectivity index (χ2v) is 11.7. The fourth-order valence-corrected chi connectivity index (χ4v) is 4.65. The Morgan fingerprint density at radius 1 is 0.929 bits per heavy atom. The van der Waals surface area contributed by atoms with Crippen molar-refractivity contribution in [1.29, 1.82) is 0 Å². The molecule has 0 fully saturated rings. The molecule has 2 rings (SSSR count). The summed E-state index contributed by atoms with van der Waals surface area (Å²) in [5.74, 6) is -0.829. The van der Waals surface area contributed by atoms with E-state index < -0.39 is 35.6 Å². The normalized spacial score (nSPS) is 12.7. The van der Waals surface area contributed by atoms with Gasteiger partial charge in [-0.15, -0.1) is 0 Å². The zero-order valence-corrected chi connectivity index (χ0v) is 26.0. The molecule has 232 valence electrons. The van der Waals surface area contributed by atoms with Crippen LogP contribution in [-0.2, 0) is 20.7 Å². The van der Waals surface area contributed by atoms with Crippen molar-refractivity contribution in [2.45, 2.75) is 104 Å². The highest BCUT2D eigenvalue weighted by Crippen LogP contribution is 2.33. The molecule has 9 heteroatoms. The molecule has 0 aliphatic rings. The maximum absolute atomic E-state index is 14.4. The van der Waals surface area contributed by atoms with E-state index >= 15 is 0 Å². The number of unbranched alkanes of at least 4 members (excludes halogenated alkanes) is 4. The SMILES string of the molecule is CCCCCNC(=O)C(c1cccc(C)c1O)N(CCCCC)C(=O)C(Cc1ccc(O)cc1)NC(=O)OC(C)(C)C. The topological polar surface area (TPSA) is 128 Å². The number of para-hydroxylation sites is 1. The number of ether oxygens (including phenoxy) is 1. The van der Waals surface area contributed by atoms with Crippen LogP contribution in [0.15, 0.2) is 42.5 Å². The van der Waals surface area contributed by atoms with Gasteiger partial charge >= 0.3 is 6.09 Å². The summed E-state index contributed by atoms with van der Waals surface area (Å²) in [5, 5.41) is 26.5. The molecular weight excluding hydrogens is 534 g/mol. The number of phenols is 2. The Hall–Kier alpha value is -3.75. The van der Waals surface area contributed by atoms with Crippen molar-refractivity contribution in [3.05, 3.63) is 59.2 Å². The standard InChI is InChI=1S/C33H49N3O6/c1-7-9-11-20-34-30(39)28(26-15-13-14-23(3)29(26)38)36(21-12-10-8-2)31(40)27(35-32(41)42-33(4,5)6)22-24-16-18-25(37)19-17-24/h13-19,27-28,37-38H,7-12,20-22H2,1-6H3,(H,34,39)(H,35,41). The monoisotopic (exact) mass is 583 g/mol. The predicted octanol–water partition coefficient (Wildman–Crippen LogP) is 5.91. The summed E-state index contributed by atoms with van der Waals surface area (Å²) >= 11 is 0. The van der Waals surface area contributed by atoms with Gasteiger partial charge in [-0.05, 0) is 63.8 Å². The summed E-state index contributed by atoms with van der Waals surface area (Å²) in [4.78, 5) is 42.7. The summed E-state index contributed by atoms with van der Waals surface area (Å²) in [6, 6.07) is 9.36. The van der Waals surface area contributed by atoms with Crippen LogP contribution in [0.3, 0.4) is 0 Å². The number of rotatable bonds is 15. The van der Waals surface area contributed by atoms with Crippen LogP contribution in [0.5, 0.6) is 11.5 Å². The van der Waals surface area contributed by atoms with Crippen molar-refractivity contribution < 1.29 is 29.3 Å². The van der Waals surface area contributed by atoms with Crippen LogP contribution in [0.25, 0.3) is 0 Å². The molecule has 2 unspecified atom stereocenters. The summed E-state index contributed by atoms with van der Waals surface area (Å²) in [7, 11) is 0. The molecule has 0 saturated carbocycles.